The van der Waals surface area contributed by atoms with Crippen LogP contribution in [0.15, 0.2) is 36.4 Å². The van der Waals surface area contributed by atoms with Crippen LogP contribution >= 0.6 is 0 Å². The lowest BCUT2D eigenvalue weighted by atomic mass is 10.2. The Labute approximate surface area is 131 Å². The number of unbranched alkanes of at least 4 members (excludes halogenated alkanes) is 1. The van der Waals surface area contributed by atoms with Crippen LogP contribution in [0.1, 0.15) is 25.3 Å². The summed E-state index contributed by atoms with van der Waals surface area (Å²) in [6.07, 6.45) is 1.45. The van der Waals surface area contributed by atoms with E-state index in [0.29, 0.717) is 12.2 Å². The van der Waals surface area contributed by atoms with E-state index >= 15 is 0 Å². The zero-order valence-corrected chi connectivity index (χ0v) is 13.5. The van der Waals surface area contributed by atoms with Crippen molar-refractivity contribution in [2.24, 2.45) is 0 Å². The van der Waals surface area contributed by atoms with Crippen molar-refractivity contribution in [3.05, 3.63) is 42.0 Å². The van der Waals surface area contributed by atoms with Crippen LogP contribution in [0, 0.1) is 6.92 Å². The zero-order valence-electron chi connectivity index (χ0n) is 12.7. The molecular formula is C15H20N4O2S. The zero-order chi connectivity index (χ0) is 16.0. The Kier molecular flexibility index (Phi) is 5.32. The highest BCUT2D eigenvalue weighted by Gasteiger charge is 2.10. The average Bonchev–Trinajstić information content (AvgIpc) is 2.49. The minimum atomic E-state index is -3.35. The smallest absolute Gasteiger partial charge is 0.233 e. The number of sulfonamides is 1. The third-order valence-corrected chi connectivity index (χ3v) is 4.36. The van der Waals surface area contributed by atoms with Crippen LogP contribution in [-0.4, -0.2) is 24.4 Å². The quantitative estimate of drug-likeness (QED) is 0.819. The van der Waals surface area contributed by atoms with Crippen molar-refractivity contribution in [3.8, 4) is 0 Å². The lowest BCUT2D eigenvalue weighted by Crippen LogP contribution is -2.17. The van der Waals surface area contributed by atoms with Crippen molar-refractivity contribution in [1.82, 2.24) is 10.2 Å². The molecule has 118 valence electrons. The SMILES string of the molecule is CCCCS(=O)(=O)Nc1ccc(Nc2ccc(C)cc2)nn1. The summed E-state index contributed by atoms with van der Waals surface area (Å²) in [5.74, 6) is 0.875. The molecule has 1 heterocycles. The number of aryl methyl sites for hydroxylation is 1. The second-order valence-corrected chi connectivity index (χ2v) is 6.91. The molecule has 0 aliphatic heterocycles. The Morgan fingerprint density at radius 2 is 1.64 bits per heavy atom. The summed E-state index contributed by atoms with van der Waals surface area (Å²) in [4.78, 5) is 0. The molecular weight excluding hydrogens is 300 g/mol. The van der Waals surface area contributed by atoms with Gasteiger partial charge in [0.25, 0.3) is 0 Å². The van der Waals surface area contributed by atoms with Crippen LogP contribution in [0.25, 0.3) is 0 Å². The summed E-state index contributed by atoms with van der Waals surface area (Å²) in [6, 6.07) is 11.1. The van der Waals surface area contributed by atoms with Crippen LogP contribution in [0.4, 0.5) is 17.3 Å². The molecule has 0 fully saturated rings. The third kappa shape index (κ3) is 5.00. The molecule has 7 heteroatoms. The number of nitrogens with one attached hydrogen (secondary N) is 2. The molecule has 0 unspecified atom stereocenters. The van der Waals surface area contributed by atoms with Crippen molar-refractivity contribution >= 4 is 27.3 Å². The molecule has 0 saturated heterocycles. The molecule has 0 amide bonds. The van der Waals surface area contributed by atoms with E-state index in [4.69, 9.17) is 0 Å². The summed E-state index contributed by atoms with van der Waals surface area (Å²) in [6.45, 7) is 3.96. The van der Waals surface area contributed by atoms with Crippen LogP contribution in [0.5, 0.6) is 0 Å². The van der Waals surface area contributed by atoms with E-state index < -0.39 is 10.0 Å². The molecule has 2 N–H and O–H groups in total. The second-order valence-electron chi connectivity index (χ2n) is 5.07. The van der Waals surface area contributed by atoms with Crippen molar-refractivity contribution in [3.63, 3.8) is 0 Å². The van der Waals surface area contributed by atoms with Crippen LogP contribution in [0.2, 0.25) is 0 Å². The molecule has 0 aliphatic carbocycles. The molecule has 2 aromatic rings. The van der Waals surface area contributed by atoms with E-state index in [9.17, 15) is 8.42 Å². The predicted molar refractivity (Wildman–Crippen MR) is 88.8 cm³/mol. The molecule has 22 heavy (non-hydrogen) atoms. The molecule has 0 aliphatic rings. The van der Waals surface area contributed by atoms with Gasteiger partial charge >= 0.3 is 0 Å². The minimum absolute atomic E-state index is 0.0918. The molecule has 0 bridgehead atoms. The van der Waals surface area contributed by atoms with E-state index in [1.807, 2.05) is 38.1 Å². The van der Waals surface area contributed by atoms with Gasteiger partial charge in [-0.2, -0.15) is 0 Å². The fourth-order valence-electron chi connectivity index (χ4n) is 1.78. The van der Waals surface area contributed by atoms with Gasteiger partial charge in [0, 0.05) is 5.69 Å². The first-order valence-electron chi connectivity index (χ1n) is 7.16. The van der Waals surface area contributed by atoms with Gasteiger partial charge in [-0.25, -0.2) is 8.42 Å². The average molecular weight is 320 g/mol. The number of anilines is 3. The Morgan fingerprint density at radius 1 is 1.00 bits per heavy atom. The van der Waals surface area contributed by atoms with Crippen molar-refractivity contribution in [1.29, 1.82) is 0 Å². The Hall–Kier alpha value is -2.15. The highest BCUT2D eigenvalue weighted by molar-refractivity contribution is 7.92. The molecule has 2 rings (SSSR count). The highest BCUT2D eigenvalue weighted by Crippen LogP contribution is 2.15. The maximum Gasteiger partial charge on any atom is 0.233 e. The lowest BCUT2D eigenvalue weighted by molar-refractivity contribution is 0.597. The fraction of sp³-hybridized carbons (Fsp3) is 0.333. The van der Waals surface area contributed by atoms with Crippen molar-refractivity contribution in [2.45, 2.75) is 26.7 Å². The summed E-state index contributed by atoms with van der Waals surface area (Å²) >= 11 is 0. The van der Waals surface area contributed by atoms with Crippen LogP contribution < -0.4 is 10.0 Å². The highest BCUT2D eigenvalue weighted by atomic mass is 32.2. The molecule has 1 aromatic carbocycles. The number of hydrogen-bond acceptors (Lipinski definition) is 5. The van der Waals surface area contributed by atoms with Gasteiger partial charge < -0.3 is 5.32 Å². The van der Waals surface area contributed by atoms with Crippen molar-refractivity contribution in [2.75, 3.05) is 15.8 Å². The van der Waals surface area contributed by atoms with Gasteiger partial charge in [0.05, 0.1) is 5.75 Å². The lowest BCUT2D eigenvalue weighted by Gasteiger charge is -2.08. The van der Waals surface area contributed by atoms with Crippen LogP contribution in [-0.2, 0) is 10.0 Å². The van der Waals surface area contributed by atoms with E-state index in [1.165, 1.54) is 5.56 Å². The molecule has 0 saturated carbocycles. The Morgan fingerprint density at radius 3 is 2.23 bits per heavy atom. The molecule has 0 atom stereocenters. The van der Waals surface area contributed by atoms with E-state index in [-0.39, 0.29) is 11.6 Å². The van der Waals surface area contributed by atoms with Gasteiger partial charge in [-0.3, -0.25) is 4.72 Å². The number of rotatable bonds is 7. The van der Waals surface area contributed by atoms with Gasteiger partial charge in [0.1, 0.15) is 0 Å². The predicted octanol–water partition coefficient (Wildman–Crippen LogP) is 3.07. The first-order valence-corrected chi connectivity index (χ1v) is 8.81. The Balaban J connectivity index is 1.99. The van der Waals surface area contributed by atoms with Gasteiger partial charge in [-0.05, 0) is 37.6 Å². The normalized spacial score (nSPS) is 11.2. The number of hydrogen-bond donors (Lipinski definition) is 2. The molecule has 0 radical (unpaired) electrons. The van der Waals surface area contributed by atoms with Gasteiger partial charge in [-0.1, -0.05) is 31.0 Å². The number of nitrogens with zero attached hydrogens (tertiary/aromatic N) is 2. The second kappa shape index (κ2) is 7.22. The van der Waals surface area contributed by atoms with E-state index in [2.05, 4.69) is 20.2 Å². The fourth-order valence-corrected chi connectivity index (χ4v) is 2.98. The summed E-state index contributed by atoms with van der Waals surface area (Å²) < 4.78 is 26.0. The van der Waals surface area contributed by atoms with E-state index in [1.54, 1.807) is 12.1 Å². The first-order chi connectivity index (χ1) is 10.5. The van der Waals surface area contributed by atoms with Gasteiger partial charge in [0.2, 0.25) is 10.0 Å². The monoisotopic (exact) mass is 320 g/mol. The third-order valence-electron chi connectivity index (χ3n) is 3.02. The minimum Gasteiger partial charge on any atom is -0.339 e. The largest absolute Gasteiger partial charge is 0.339 e. The van der Waals surface area contributed by atoms with Crippen molar-refractivity contribution < 1.29 is 8.42 Å². The molecule has 1 aromatic heterocycles. The van der Waals surface area contributed by atoms with Gasteiger partial charge in [0.15, 0.2) is 11.6 Å². The van der Waals surface area contributed by atoms with Crippen LogP contribution in [0.3, 0.4) is 0 Å². The Bertz CT molecular complexity index is 697. The maximum atomic E-state index is 11.8. The summed E-state index contributed by atoms with van der Waals surface area (Å²) in [5, 5.41) is 11.0. The molecule has 0 spiro atoms. The van der Waals surface area contributed by atoms with Gasteiger partial charge in [-0.15, -0.1) is 10.2 Å². The van der Waals surface area contributed by atoms with E-state index in [0.717, 1.165) is 12.1 Å². The summed E-state index contributed by atoms with van der Waals surface area (Å²) in [5.41, 5.74) is 2.07. The molecule has 6 nitrogen and oxygen atoms in total. The number of benzene rings is 1. The maximum absolute atomic E-state index is 11.8. The summed E-state index contributed by atoms with van der Waals surface area (Å²) in [7, 11) is -3.35. The number of aromatic nitrogens is 2. The topological polar surface area (TPSA) is 84.0 Å². The standard InChI is InChI=1S/C15H20N4O2S/c1-3-4-11-22(20,21)19-15-10-9-14(17-18-15)16-13-7-5-12(2)6-8-13/h5-10H,3-4,11H2,1-2H3,(H,16,17)(H,18,19). The first kappa shape index (κ1) is 16.2.